The molecule has 1 amide bonds. The van der Waals surface area contributed by atoms with Crippen LogP contribution in [0.5, 0.6) is 0 Å². The molecule has 6 heteroatoms. The summed E-state index contributed by atoms with van der Waals surface area (Å²) in [7, 11) is 0. The Hall–Kier alpha value is -2.47. The van der Waals surface area contributed by atoms with Crippen LogP contribution in [0.3, 0.4) is 0 Å². The van der Waals surface area contributed by atoms with Crippen LogP contribution in [0.1, 0.15) is 24.1 Å². The summed E-state index contributed by atoms with van der Waals surface area (Å²) in [6.45, 7) is 1.90. The number of carbonyl (C=O) groups is 1. The van der Waals surface area contributed by atoms with Gasteiger partial charge in [0.2, 0.25) is 5.91 Å². The highest BCUT2D eigenvalue weighted by Crippen LogP contribution is 2.22. The van der Waals surface area contributed by atoms with Gasteiger partial charge in [-0.25, -0.2) is 0 Å². The van der Waals surface area contributed by atoms with Gasteiger partial charge in [-0.1, -0.05) is 34.1 Å². The first-order valence-corrected chi connectivity index (χ1v) is 7.74. The maximum Gasteiger partial charge on any atom is 0.269 e. The predicted octanol–water partition coefficient (Wildman–Crippen LogP) is 4.25. The van der Waals surface area contributed by atoms with Crippen molar-refractivity contribution in [2.24, 2.45) is 0 Å². The van der Waals surface area contributed by atoms with Gasteiger partial charge in [0.05, 0.1) is 11.0 Å². The van der Waals surface area contributed by atoms with E-state index in [1.807, 2.05) is 31.2 Å². The van der Waals surface area contributed by atoms with Crippen LogP contribution >= 0.6 is 15.9 Å². The third kappa shape index (κ3) is 4.75. The molecule has 1 N–H and O–H groups in total. The number of nitrogens with one attached hydrogen (secondary N) is 1. The number of halogens is 1. The molecule has 118 valence electrons. The summed E-state index contributed by atoms with van der Waals surface area (Å²) >= 11 is 3.46. The number of hydrogen-bond acceptors (Lipinski definition) is 3. The normalized spacial score (nSPS) is 12.1. The molecule has 1 atom stereocenters. The van der Waals surface area contributed by atoms with Crippen LogP contribution in [0.4, 0.5) is 5.69 Å². The molecule has 0 saturated heterocycles. The van der Waals surface area contributed by atoms with Gasteiger partial charge < -0.3 is 5.32 Å². The second-order valence-corrected chi connectivity index (χ2v) is 5.79. The number of rotatable bonds is 5. The Kier molecular flexibility index (Phi) is 5.65. The van der Waals surface area contributed by atoms with Crippen LogP contribution in [-0.2, 0) is 4.79 Å². The van der Waals surface area contributed by atoms with Gasteiger partial charge in [-0.15, -0.1) is 0 Å². The molecule has 0 fully saturated rings. The molecule has 0 aromatic heterocycles. The van der Waals surface area contributed by atoms with E-state index in [1.54, 1.807) is 18.2 Å². The van der Waals surface area contributed by atoms with E-state index >= 15 is 0 Å². The maximum atomic E-state index is 12.0. The van der Waals surface area contributed by atoms with Crippen LogP contribution in [-0.4, -0.2) is 10.8 Å². The largest absolute Gasteiger partial charge is 0.346 e. The quantitative estimate of drug-likeness (QED) is 0.483. The first kappa shape index (κ1) is 16.9. The van der Waals surface area contributed by atoms with Crippen molar-refractivity contribution in [3.63, 3.8) is 0 Å². The molecule has 0 spiro atoms. The van der Waals surface area contributed by atoms with Gasteiger partial charge in [0.1, 0.15) is 0 Å². The van der Waals surface area contributed by atoms with Crippen molar-refractivity contribution in [1.82, 2.24) is 5.32 Å². The van der Waals surface area contributed by atoms with E-state index in [0.29, 0.717) is 0 Å². The Morgan fingerprint density at radius 2 is 1.87 bits per heavy atom. The highest BCUT2D eigenvalue weighted by atomic mass is 79.9. The van der Waals surface area contributed by atoms with Gasteiger partial charge in [0.25, 0.3) is 5.69 Å². The smallest absolute Gasteiger partial charge is 0.269 e. The first-order chi connectivity index (χ1) is 11.0. The van der Waals surface area contributed by atoms with Crippen LogP contribution in [0.2, 0.25) is 0 Å². The minimum atomic E-state index is -0.459. The van der Waals surface area contributed by atoms with Crippen LogP contribution in [0.25, 0.3) is 6.08 Å². The molecule has 0 aliphatic heterocycles. The van der Waals surface area contributed by atoms with E-state index < -0.39 is 4.92 Å². The van der Waals surface area contributed by atoms with Crippen molar-refractivity contribution in [2.75, 3.05) is 0 Å². The molecule has 2 rings (SSSR count). The predicted molar refractivity (Wildman–Crippen MR) is 92.8 cm³/mol. The average Bonchev–Trinajstić information content (AvgIpc) is 2.53. The van der Waals surface area contributed by atoms with Gasteiger partial charge in [0.15, 0.2) is 0 Å². The fourth-order valence-corrected chi connectivity index (χ4v) is 2.67. The van der Waals surface area contributed by atoms with E-state index in [1.165, 1.54) is 18.2 Å². The van der Waals surface area contributed by atoms with Crippen molar-refractivity contribution in [2.45, 2.75) is 13.0 Å². The lowest BCUT2D eigenvalue weighted by molar-refractivity contribution is -0.384. The standard InChI is InChI=1S/C17H15BrN2O3/c1-12(15-4-2-3-5-16(15)18)19-17(21)11-8-13-6-9-14(10-7-13)20(22)23/h2-12H,1H3,(H,19,21). The molecule has 2 aromatic rings. The molecule has 0 heterocycles. The zero-order valence-electron chi connectivity index (χ0n) is 12.4. The Bertz CT molecular complexity index is 742. The van der Waals surface area contributed by atoms with E-state index in [-0.39, 0.29) is 17.6 Å². The van der Waals surface area contributed by atoms with Crippen molar-refractivity contribution in [3.05, 3.63) is 80.3 Å². The van der Waals surface area contributed by atoms with Crippen molar-refractivity contribution in [1.29, 1.82) is 0 Å². The van der Waals surface area contributed by atoms with Gasteiger partial charge in [-0.2, -0.15) is 0 Å². The average molecular weight is 375 g/mol. The number of benzene rings is 2. The lowest BCUT2D eigenvalue weighted by Gasteiger charge is -2.14. The molecule has 0 radical (unpaired) electrons. The van der Waals surface area contributed by atoms with Gasteiger partial charge in [0, 0.05) is 22.7 Å². The highest BCUT2D eigenvalue weighted by molar-refractivity contribution is 9.10. The lowest BCUT2D eigenvalue weighted by atomic mass is 10.1. The topological polar surface area (TPSA) is 72.2 Å². The van der Waals surface area contributed by atoms with Crippen LogP contribution in [0, 0.1) is 10.1 Å². The Labute approximate surface area is 142 Å². The summed E-state index contributed by atoms with van der Waals surface area (Å²) < 4.78 is 0.937. The number of nitro groups is 1. The minimum Gasteiger partial charge on any atom is -0.346 e. The molecular weight excluding hydrogens is 360 g/mol. The number of hydrogen-bond donors (Lipinski definition) is 1. The van der Waals surface area contributed by atoms with E-state index in [4.69, 9.17) is 0 Å². The molecular formula is C17H15BrN2O3. The number of carbonyl (C=O) groups excluding carboxylic acids is 1. The molecule has 0 aliphatic rings. The van der Waals surface area contributed by atoms with E-state index in [0.717, 1.165) is 15.6 Å². The Morgan fingerprint density at radius 1 is 1.22 bits per heavy atom. The summed E-state index contributed by atoms with van der Waals surface area (Å²) in [5.41, 5.74) is 1.73. The zero-order valence-corrected chi connectivity index (χ0v) is 14.0. The van der Waals surface area contributed by atoms with Gasteiger partial charge >= 0.3 is 0 Å². The van der Waals surface area contributed by atoms with Gasteiger partial charge in [-0.3, -0.25) is 14.9 Å². The van der Waals surface area contributed by atoms with E-state index in [9.17, 15) is 14.9 Å². The van der Waals surface area contributed by atoms with Crippen LogP contribution in [0.15, 0.2) is 59.1 Å². The molecule has 5 nitrogen and oxygen atoms in total. The molecule has 0 aliphatic carbocycles. The van der Waals surface area contributed by atoms with Crippen molar-refractivity contribution >= 4 is 33.6 Å². The second kappa shape index (κ2) is 7.69. The number of nitro benzene ring substituents is 1. The summed E-state index contributed by atoms with van der Waals surface area (Å²) in [5.74, 6) is -0.230. The molecule has 0 saturated carbocycles. The molecule has 0 bridgehead atoms. The maximum absolute atomic E-state index is 12.0. The highest BCUT2D eigenvalue weighted by Gasteiger charge is 2.10. The summed E-state index contributed by atoms with van der Waals surface area (Å²) in [5, 5.41) is 13.5. The zero-order chi connectivity index (χ0) is 16.8. The molecule has 23 heavy (non-hydrogen) atoms. The van der Waals surface area contributed by atoms with Crippen molar-refractivity contribution < 1.29 is 9.72 Å². The van der Waals surface area contributed by atoms with Crippen molar-refractivity contribution in [3.8, 4) is 0 Å². The van der Waals surface area contributed by atoms with E-state index in [2.05, 4.69) is 21.2 Å². The fourth-order valence-electron chi connectivity index (χ4n) is 2.04. The first-order valence-electron chi connectivity index (χ1n) is 6.95. The third-order valence-corrected chi connectivity index (χ3v) is 3.98. The summed E-state index contributed by atoms with van der Waals surface area (Å²) in [6, 6.07) is 13.5. The Balaban J connectivity index is 1.99. The second-order valence-electron chi connectivity index (χ2n) is 4.93. The monoisotopic (exact) mass is 374 g/mol. The minimum absolute atomic E-state index is 0.0224. The lowest BCUT2D eigenvalue weighted by Crippen LogP contribution is -2.24. The van der Waals surface area contributed by atoms with Gasteiger partial charge in [-0.05, 0) is 42.3 Å². The Morgan fingerprint density at radius 3 is 2.48 bits per heavy atom. The molecule has 1 unspecified atom stereocenters. The number of nitrogens with zero attached hydrogens (tertiary/aromatic N) is 1. The number of non-ortho nitro benzene ring substituents is 1. The third-order valence-electron chi connectivity index (χ3n) is 3.26. The summed E-state index contributed by atoms with van der Waals surface area (Å²) in [4.78, 5) is 22.1. The molecule has 2 aromatic carbocycles. The fraction of sp³-hybridized carbons (Fsp3) is 0.118. The summed E-state index contributed by atoms with van der Waals surface area (Å²) in [6.07, 6.45) is 3.03. The van der Waals surface area contributed by atoms with Crippen LogP contribution < -0.4 is 5.32 Å². The SMILES string of the molecule is CC(NC(=O)C=Cc1ccc([N+](=O)[O-])cc1)c1ccccc1Br. The number of amides is 1.